The van der Waals surface area contributed by atoms with Crippen LogP contribution in [0.3, 0.4) is 0 Å². The molecule has 0 spiro atoms. The zero-order valence-electron chi connectivity index (χ0n) is 22.5. The Kier molecular flexibility index (Phi) is 8.35. The molecule has 4 aromatic rings. The minimum Gasteiger partial charge on any atom is -0.495 e. The van der Waals surface area contributed by atoms with E-state index in [1.807, 2.05) is 43.3 Å². The number of hydrogen-bond acceptors (Lipinski definition) is 7. The minimum absolute atomic E-state index is 0.107. The number of amides is 1. The summed E-state index contributed by atoms with van der Waals surface area (Å²) in [5.41, 5.74) is 3.03. The second-order valence-electron chi connectivity index (χ2n) is 9.18. The molecule has 3 aromatic carbocycles. The van der Waals surface area contributed by atoms with Crippen LogP contribution >= 0.6 is 11.8 Å². The first-order chi connectivity index (χ1) is 19.5. The summed E-state index contributed by atoms with van der Waals surface area (Å²) in [7, 11) is 1.56. The van der Waals surface area contributed by atoms with Gasteiger partial charge in [0, 0.05) is 17.0 Å². The average molecular weight is 560 g/mol. The third-order valence-corrected chi connectivity index (χ3v) is 7.46. The van der Waals surface area contributed by atoms with Crippen LogP contribution in [0.15, 0.2) is 89.2 Å². The van der Waals surface area contributed by atoms with Gasteiger partial charge >= 0.3 is 0 Å². The van der Waals surface area contributed by atoms with Crippen LogP contribution in [0, 0.1) is 5.82 Å². The molecule has 1 unspecified atom stereocenters. The smallest absolute Gasteiger partial charge is 0.255 e. The third-order valence-electron chi connectivity index (χ3n) is 6.42. The molecule has 1 atom stereocenters. The number of allylic oxidation sites excluding steroid dienone is 1. The van der Waals surface area contributed by atoms with Crippen molar-refractivity contribution in [3.05, 3.63) is 101 Å². The molecule has 206 valence electrons. The van der Waals surface area contributed by atoms with E-state index in [0.717, 1.165) is 17.7 Å². The molecule has 1 aromatic heterocycles. The Morgan fingerprint density at radius 2 is 1.85 bits per heavy atom. The summed E-state index contributed by atoms with van der Waals surface area (Å²) in [5.74, 6) is 1.99. The van der Waals surface area contributed by atoms with Gasteiger partial charge in [-0.15, -0.1) is 5.10 Å². The topological polar surface area (TPSA) is 90.3 Å². The fourth-order valence-electron chi connectivity index (χ4n) is 4.45. The number of halogens is 1. The minimum atomic E-state index is -0.546. The van der Waals surface area contributed by atoms with Gasteiger partial charge in [0.1, 0.15) is 30.0 Å². The summed E-state index contributed by atoms with van der Waals surface area (Å²) in [6.45, 7) is 4.06. The summed E-state index contributed by atoms with van der Waals surface area (Å²) >= 11 is 1.57. The van der Waals surface area contributed by atoms with E-state index in [1.54, 1.807) is 53.9 Å². The molecule has 40 heavy (non-hydrogen) atoms. The maximum atomic E-state index is 14.0. The van der Waals surface area contributed by atoms with E-state index in [2.05, 4.69) is 22.5 Å². The van der Waals surface area contributed by atoms with E-state index < -0.39 is 6.04 Å². The second kappa shape index (κ2) is 12.3. The van der Waals surface area contributed by atoms with E-state index in [1.165, 1.54) is 6.07 Å². The van der Waals surface area contributed by atoms with Crippen molar-refractivity contribution in [2.24, 2.45) is 0 Å². The van der Waals surface area contributed by atoms with Crippen molar-refractivity contribution in [1.29, 1.82) is 0 Å². The maximum absolute atomic E-state index is 14.0. The van der Waals surface area contributed by atoms with Gasteiger partial charge in [0.05, 0.1) is 18.4 Å². The molecule has 2 N–H and O–H groups in total. The van der Waals surface area contributed by atoms with E-state index in [9.17, 15) is 9.18 Å². The third kappa shape index (κ3) is 5.81. The fraction of sp³-hybridized carbons (Fsp3) is 0.233. The highest BCUT2D eigenvalue weighted by molar-refractivity contribution is 7.99. The van der Waals surface area contributed by atoms with Crippen LogP contribution in [0.4, 0.5) is 16.0 Å². The maximum Gasteiger partial charge on any atom is 0.255 e. The number of ether oxygens (including phenoxy) is 2. The molecule has 5 rings (SSSR count). The Hall–Kier alpha value is -4.31. The highest BCUT2D eigenvalue weighted by Gasteiger charge is 2.34. The molecule has 0 radical (unpaired) electrons. The van der Waals surface area contributed by atoms with Crippen LogP contribution < -0.4 is 20.1 Å². The lowest BCUT2D eigenvalue weighted by Crippen LogP contribution is -2.31. The second-order valence-corrected chi connectivity index (χ2v) is 10.2. The van der Waals surface area contributed by atoms with Crippen LogP contribution in [0.25, 0.3) is 0 Å². The number of fused-ring (bicyclic) bond motifs is 1. The normalized spacial score (nSPS) is 14.3. The molecular formula is C30H30FN5O3S. The standard InChI is InChI=1S/C30H30FN5O3S/c1-4-17-40-30-34-29-32-19(2)26(28(37)33-24-11-7-8-12-25(24)38-3)27(36(29)35-30)20-13-15-22(16-14-20)39-18-21-9-5-6-10-23(21)31/h5-16,27H,4,17-18H2,1-3H3,(H,33,37)(H,32,34,35). The molecule has 1 amide bonds. The first kappa shape index (κ1) is 27.3. The Morgan fingerprint density at radius 1 is 1.10 bits per heavy atom. The highest BCUT2D eigenvalue weighted by Crippen LogP contribution is 2.38. The molecule has 0 bridgehead atoms. The first-order valence-corrected chi connectivity index (χ1v) is 13.9. The number of para-hydroxylation sites is 2. The van der Waals surface area contributed by atoms with Crippen molar-refractivity contribution in [2.75, 3.05) is 23.5 Å². The molecule has 1 aliphatic heterocycles. The lowest BCUT2D eigenvalue weighted by Gasteiger charge is -2.29. The van der Waals surface area contributed by atoms with Crippen molar-refractivity contribution < 1.29 is 18.7 Å². The number of carbonyl (C=O) groups is 1. The number of aromatic nitrogens is 3. The Morgan fingerprint density at radius 3 is 2.60 bits per heavy atom. The van der Waals surface area contributed by atoms with Gasteiger partial charge in [-0.1, -0.05) is 61.2 Å². The largest absolute Gasteiger partial charge is 0.495 e. The van der Waals surface area contributed by atoms with Crippen LogP contribution in [0.2, 0.25) is 0 Å². The molecule has 0 saturated carbocycles. The number of nitrogens with zero attached hydrogens (tertiary/aromatic N) is 3. The van der Waals surface area contributed by atoms with Crippen molar-refractivity contribution in [3.8, 4) is 11.5 Å². The van der Waals surface area contributed by atoms with Crippen molar-refractivity contribution >= 4 is 29.3 Å². The molecule has 1 aliphatic rings. The summed E-state index contributed by atoms with van der Waals surface area (Å²) in [5, 5.41) is 11.7. The number of benzene rings is 3. The lowest BCUT2D eigenvalue weighted by molar-refractivity contribution is -0.113. The van der Waals surface area contributed by atoms with Crippen molar-refractivity contribution in [3.63, 3.8) is 0 Å². The zero-order valence-corrected chi connectivity index (χ0v) is 23.3. The molecule has 0 fully saturated rings. The summed E-state index contributed by atoms with van der Waals surface area (Å²) in [4.78, 5) is 18.5. The zero-order chi connectivity index (χ0) is 28.1. The van der Waals surface area contributed by atoms with Crippen LogP contribution in [0.5, 0.6) is 11.5 Å². The average Bonchev–Trinajstić information content (AvgIpc) is 3.37. The SMILES string of the molecule is CCCSc1nc2n(n1)C(c1ccc(OCc3ccccc3F)cc1)C(C(=O)Nc1ccccc1OC)=C(C)N2. The highest BCUT2D eigenvalue weighted by atomic mass is 32.2. The Bertz CT molecular complexity index is 1540. The van der Waals surface area contributed by atoms with Gasteiger partial charge in [-0.25, -0.2) is 9.07 Å². The van der Waals surface area contributed by atoms with E-state index >= 15 is 0 Å². The lowest BCUT2D eigenvalue weighted by atomic mass is 9.95. The number of rotatable bonds is 10. The monoisotopic (exact) mass is 559 g/mol. The summed E-state index contributed by atoms with van der Waals surface area (Å²) in [6, 6.07) is 20.6. The Labute approximate surface area is 236 Å². The fourth-order valence-corrected chi connectivity index (χ4v) is 5.13. The number of methoxy groups -OCH3 is 1. The molecule has 0 aliphatic carbocycles. The molecule has 10 heteroatoms. The van der Waals surface area contributed by atoms with Gasteiger partial charge in [-0.3, -0.25) is 4.79 Å². The number of carbonyl (C=O) groups excluding carboxylic acids is 1. The van der Waals surface area contributed by atoms with Crippen LogP contribution in [-0.2, 0) is 11.4 Å². The first-order valence-electron chi connectivity index (χ1n) is 13.0. The van der Waals surface area contributed by atoms with Crippen LogP contribution in [0.1, 0.15) is 37.4 Å². The predicted octanol–water partition coefficient (Wildman–Crippen LogP) is 6.43. The van der Waals surface area contributed by atoms with E-state index in [0.29, 0.717) is 45.1 Å². The van der Waals surface area contributed by atoms with E-state index in [-0.39, 0.29) is 18.3 Å². The number of nitrogens with one attached hydrogen (secondary N) is 2. The van der Waals surface area contributed by atoms with E-state index in [4.69, 9.17) is 14.6 Å². The van der Waals surface area contributed by atoms with Gasteiger partial charge < -0.3 is 20.1 Å². The summed E-state index contributed by atoms with van der Waals surface area (Å²) < 4.78 is 27.0. The predicted molar refractivity (Wildman–Crippen MR) is 154 cm³/mol. The molecular weight excluding hydrogens is 529 g/mol. The van der Waals surface area contributed by atoms with Gasteiger partial charge in [-0.05, 0) is 49.2 Å². The van der Waals surface area contributed by atoms with Gasteiger partial charge in [0.25, 0.3) is 5.91 Å². The molecule has 8 nitrogen and oxygen atoms in total. The van der Waals surface area contributed by atoms with Gasteiger partial charge in [0.2, 0.25) is 11.1 Å². The van der Waals surface area contributed by atoms with Gasteiger partial charge in [0.15, 0.2) is 0 Å². The summed E-state index contributed by atoms with van der Waals surface area (Å²) in [6.07, 6.45) is 0.990. The number of anilines is 2. The Balaban J connectivity index is 1.46. The van der Waals surface area contributed by atoms with Crippen LogP contribution in [-0.4, -0.2) is 33.5 Å². The quantitative estimate of drug-likeness (QED) is 0.216. The molecule has 2 heterocycles. The van der Waals surface area contributed by atoms with Crippen molar-refractivity contribution in [1.82, 2.24) is 14.8 Å². The molecule has 0 saturated heterocycles. The number of hydrogen-bond donors (Lipinski definition) is 2. The number of thioether (sulfide) groups is 1. The van der Waals surface area contributed by atoms with Crippen molar-refractivity contribution in [2.45, 2.75) is 38.1 Å². The van der Waals surface area contributed by atoms with Gasteiger partial charge in [-0.2, -0.15) is 4.98 Å².